The van der Waals surface area contributed by atoms with E-state index in [0.717, 1.165) is 49.2 Å². The van der Waals surface area contributed by atoms with Gasteiger partial charge in [-0.05, 0) is 68.2 Å². The molecule has 6 atom stereocenters. The van der Waals surface area contributed by atoms with E-state index in [1.807, 2.05) is 0 Å². The van der Waals surface area contributed by atoms with Gasteiger partial charge in [0.1, 0.15) is 0 Å². The van der Waals surface area contributed by atoms with Crippen LogP contribution in [0, 0.1) is 35.5 Å². The molecular weight excluding hydrogens is 236 g/mol. The van der Waals surface area contributed by atoms with E-state index in [1.54, 1.807) is 0 Å². The maximum absolute atomic E-state index is 12.8. The lowest BCUT2D eigenvalue weighted by Gasteiger charge is -2.24. The monoisotopic (exact) mass is 260 g/mol. The molecule has 1 amide bonds. The molecule has 5 rings (SSSR count). The molecule has 0 aromatic carbocycles. The second-order valence-corrected chi connectivity index (χ2v) is 7.72. The van der Waals surface area contributed by atoms with E-state index < -0.39 is 0 Å². The van der Waals surface area contributed by atoms with Gasteiger partial charge >= 0.3 is 0 Å². The summed E-state index contributed by atoms with van der Waals surface area (Å²) < 4.78 is 0. The van der Waals surface area contributed by atoms with Gasteiger partial charge in [-0.2, -0.15) is 0 Å². The van der Waals surface area contributed by atoms with Crippen LogP contribution in [0.1, 0.15) is 32.1 Å². The Morgan fingerprint density at radius 2 is 1.79 bits per heavy atom. The van der Waals surface area contributed by atoms with Gasteiger partial charge < -0.3 is 10.2 Å². The third-order valence-electron chi connectivity index (χ3n) is 6.93. The maximum atomic E-state index is 12.8. The van der Waals surface area contributed by atoms with Crippen LogP contribution in [-0.4, -0.2) is 36.5 Å². The highest BCUT2D eigenvalue weighted by Crippen LogP contribution is 2.69. The van der Waals surface area contributed by atoms with Crippen LogP contribution in [0.25, 0.3) is 0 Å². The molecule has 0 aromatic rings. The van der Waals surface area contributed by atoms with Crippen molar-refractivity contribution in [3.63, 3.8) is 0 Å². The van der Waals surface area contributed by atoms with Crippen molar-refractivity contribution in [1.82, 2.24) is 10.2 Å². The average Bonchev–Trinajstić information content (AvgIpc) is 2.83. The third-order valence-corrected chi connectivity index (χ3v) is 6.93. The molecule has 3 saturated carbocycles. The summed E-state index contributed by atoms with van der Waals surface area (Å²) in [6, 6.07) is 0.605. The zero-order valence-corrected chi connectivity index (χ0v) is 11.6. The fourth-order valence-corrected chi connectivity index (χ4v) is 6.09. The lowest BCUT2D eigenvalue weighted by Crippen LogP contribution is -2.41. The number of likely N-dealkylation sites (tertiary alicyclic amines) is 1. The molecule has 104 valence electrons. The van der Waals surface area contributed by atoms with Crippen LogP contribution in [0.3, 0.4) is 0 Å². The summed E-state index contributed by atoms with van der Waals surface area (Å²) >= 11 is 0. The lowest BCUT2D eigenvalue weighted by molar-refractivity contribution is -0.132. The normalized spacial score (nSPS) is 54.1. The van der Waals surface area contributed by atoms with Gasteiger partial charge in [0.15, 0.2) is 0 Å². The van der Waals surface area contributed by atoms with E-state index in [-0.39, 0.29) is 0 Å². The predicted molar refractivity (Wildman–Crippen MR) is 72.4 cm³/mol. The van der Waals surface area contributed by atoms with Gasteiger partial charge in [0, 0.05) is 25.0 Å². The minimum absolute atomic E-state index is 0.450. The molecule has 0 spiro atoms. The first-order chi connectivity index (χ1) is 9.33. The number of piperidine rings is 1. The molecule has 2 heterocycles. The standard InChI is InChI=1S/C16H24N2O/c19-16(15-13-9-3-4-10(6-9)14(13)15)18-7-11-2-1-5-17-12(11)8-18/h9-15,17H,1-8H2/t9?,10?,11-,12+,13?,14?,15?/m0/s1. The zero-order chi connectivity index (χ0) is 12.6. The molecule has 3 aliphatic carbocycles. The predicted octanol–water partition coefficient (Wildman–Crippen LogP) is 1.49. The summed E-state index contributed by atoms with van der Waals surface area (Å²) in [4.78, 5) is 15.0. The van der Waals surface area contributed by atoms with Gasteiger partial charge in [0.05, 0.1) is 0 Å². The summed E-state index contributed by atoms with van der Waals surface area (Å²) in [5, 5.41) is 3.61. The Labute approximate surface area is 115 Å². The Morgan fingerprint density at radius 1 is 1.00 bits per heavy atom. The number of amides is 1. The number of nitrogens with one attached hydrogen (secondary N) is 1. The Bertz CT molecular complexity index is 393. The topological polar surface area (TPSA) is 32.3 Å². The quantitative estimate of drug-likeness (QED) is 0.775. The highest BCUT2D eigenvalue weighted by atomic mass is 16.2. The van der Waals surface area contributed by atoms with Crippen molar-refractivity contribution in [1.29, 1.82) is 0 Å². The van der Waals surface area contributed by atoms with Crippen LogP contribution < -0.4 is 5.32 Å². The average molecular weight is 260 g/mol. The summed E-state index contributed by atoms with van der Waals surface area (Å²) in [7, 11) is 0. The number of hydrogen-bond acceptors (Lipinski definition) is 2. The highest BCUT2D eigenvalue weighted by molar-refractivity contribution is 5.83. The van der Waals surface area contributed by atoms with Crippen LogP contribution in [0.4, 0.5) is 0 Å². The molecule has 1 N–H and O–H groups in total. The van der Waals surface area contributed by atoms with Crippen LogP contribution in [0.2, 0.25) is 0 Å². The van der Waals surface area contributed by atoms with E-state index in [9.17, 15) is 4.79 Å². The lowest BCUT2D eigenvalue weighted by atomic mass is 9.94. The van der Waals surface area contributed by atoms with Gasteiger partial charge in [-0.1, -0.05) is 0 Å². The summed E-state index contributed by atoms with van der Waals surface area (Å²) in [5.74, 6) is 5.19. The van der Waals surface area contributed by atoms with E-state index in [4.69, 9.17) is 0 Å². The fraction of sp³-hybridized carbons (Fsp3) is 0.938. The van der Waals surface area contributed by atoms with Crippen LogP contribution in [0.5, 0.6) is 0 Å². The smallest absolute Gasteiger partial charge is 0.226 e. The minimum atomic E-state index is 0.450. The number of fused-ring (bicyclic) bond motifs is 6. The molecule has 19 heavy (non-hydrogen) atoms. The van der Waals surface area contributed by atoms with Crippen LogP contribution >= 0.6 is 0 Å². The summed E-state index contributed by atoms with van der Waals surface area (Å²) in [6.45, 7) is 3.19. The summed E-state index contributed by atoms with van der Waals surface area (Å²) in [5.41, 5.74) is 0. The molecule has 2 aliphatic heterocycles. The van der Waals surface area contributed by atoms with Crippen molar-refractivity contribution in [2.75, 3.05) is 19.6 Å². The second kappa shape index (κ2) is 3.75. The Balaban J connectivity index is 1.29. The van der Waals surface area contributed by atoms with Crippen molar-refractivity contribution in [3.05, 3.63) is 0 Å². The number of hydrogen-bond donors (Lipinski definition) is 1. The van der Waals surface area contributed by atoms with Crippen molar-refractivity contribution < 1.29 is 4.79 Å². The molecular formula is C16H24N2O. The third kappa shape index (κ3) is 1.45. The van der Waals surface area contributed by atoms with Crippen LogP contribution in [0.15, 0.2) is 0 Å². The number of rotatable bonds is 1. The van der Waals surface area contributed by atoms with Crippen molar-refractivity contribution >= 4 is 5.91 Å². The van der Waals surface area contributed by atoms with Crippen molar-refractivity contribution in [3.8, 4) is 0 Å². The minimum Gasteiger partial charge on any atom is -0.341 e. The highest BCUT2D eigenvalue weighted by Gasteiger charge is 2.68. The zero-order valence-electron chi connectivity index (χ0n) is 11.6. The van der Waals surface area contributed by atoms with Gasteiger partial charge in [0.25, 0.3) is 0 Å². The van der Waals surface area contributed by atoms with Gasteiger partial charge in [-0.3, -0.25) is 4.79 Å². The van der Waals surface area contributed by atoms with Crippen molar-refractivity contribution in [2.24, 2.45) is 35.5 Å². The first kappa shape index (κ1) is 11.1. The maximum Gasteiger partial charge on any atom is 0.226 e. The van der Waals surface area contributed by atoms with Gasteiger partial charge in [0.2, 0.25) is 5.91 Å². The molecule has 3 heteroatoms. The van der Waals surface area contributed by atoms with Crippen molar-refractivity contribution in [2.45, 2.75) is 38.1 Å². The summed E-state index contributed by atoms with van der Waals surface area (Å²) in [6.07, 6.45) is 6.91. The Kier molecular flexibility index (Phi) is 2.20. The SMILES string of the molecule is O=C(C1C2C3CCC(C3)C12)N1C[C@@H]2CCCN[C@@H]2C1. The van der Waals surface area contributed by atoms with Crippen LogP contribution in [-0.2, 0) is 4.79 Å². The Morgan fingerprint density at radius 3 is 2.53 bits per heavy atom. The van der Waals surface area contributed by atoms with E-state index >= 15 is 0 Å². The fourth-order valence-electron chi connectivity index (χ4n) is 6.09. The molecule has 5 aliphatic rings. The first-order valence-corrected chi connectivity index (χ1v) is 8.35. The molecule has 2 saturated heterocycles. The molecule has 3 nitrogen and oxygen atoms in total. The number of carbonyl (C=O) groups is 1. The molecule has 4 unspecified atom stereocenters. The molecule has 5 fully saturated rings. The molecule has 0 radical (unpaired) electrons. The van der Waals surface area contributed by atoms with E-state index in [0.29, 0.717) is 17.9 Å². The van der Waals surface area contributed by atoms with E-state index in [1.165, 1.54) is 32.1 Å². The molecule has 0 aromatic heterocycles. The molecule has 2 bridgehead atoms. The van der Waals surface area contributed by atoms with E-state index in [2.05, 4.69) is 10.2 Å². The van der Waals surface area contributed by atoms with Gasteiger partial charge in [-0.25, -0.2) is 0 Å². The van der Waals surface area contributed by atoms with Gasteiger partial charge in [-0.15, -0.1) is 0 Å². The number of nitrogens with zero attached hydrogens (tertiary/aromatic N) is 1. The number of carbonyl (C=O) groups excluding carboxylic acids is 1. The second-order valence-electron chi connectivity index (χ2n) is 7.72. The largest absolute Gasteiger partial charge is 0.341 e. The Hall–Kier alpha value is -0.570. The first-order valence-electron chi connectivity index (χ1n) is 8.35.